The summed E-state index contributed by atoms with van der Waals surface area (Å²) in [5, 5.41) is 9.71. The van der Waals surface area contributed by atoms with Crippen LogP contribution in [0.3, 0.4) is 0 Å². The Balaban J connectivity index is 3.55. The number of aliphatic carboxylic acids is 1. The number of carboxylic acids is 1. The Kier molecular flexibility index (Phi) is 8.91. The van der Waals surface area contributed by atoms with E-state index in [1.165, 1.54) is 0 Å². The summed E-state index contributed by atoms with van der Waals surface area (Å²) in [6, 6.07) is 0. The van der Waals surface area contributed by atoms with Crippen molar-refractivity contribution in [2.24, 2.45) is 0 Å². The van der Waals surface area contributed by atoms with E-state index in [2.05, 4.69) is 0 Å². The van der Waals surface area contributed by atoms with E-state index in [0.29, 0.717) is 0 Å². The van der Waals surface area contributed by atoms with Gasteiger partial charge in [0.25, 0.3) is 0 Å². The van der Waals surface area contributed by atoms with Gasteiger partial charge in [-0.1, -0.05) is 0 Å². The van der Waals surface area contributed by atoms with Crippen LogP contribution in [0.1, 0.15) is 41.0 Å². The van der Waals surface area contributed by atoms with Gasteiger partial charge in [-0.05, 0) is 0 Å². The summed E-state index contributed by atoms with van der Waals surface area (Å²) >= 11 is 0. The minimum atomic E-state index is -2.68. The summed E-state index contributed by atoms with van der Waals surface area (Å²) in [4.78, 5) is 69.6. The number of carbonyl (C=O) groups is 6. The molecule has 13 heteroatoms. The van der Waals surface area contributed by atoms with E-state index >= 15 is 0 Å². The molecule has 0 bridgehead atoms. The Bertz CT molecular complexity index is 745. The zero-order valence-corrected chi connectivity index (χ0v) is 17.6. The van der Waals surface area contributed by atoms with Crippen LogP contribution in [0.15, 0.2) is 0 Å². The van der Waals surface area contributed by atoms with E-state index in [1.54, 1.807) is 0 Å². The fraction of sp³-hybridized carbons (Fsp3) is 0.667. The van der Waals surface area contributed by atoms with Crippen molar-refractivity contribution in [3.63, 3.8) is 0 Å². The predicted molar refractivity (Wildman–Crippen MR) is 94.9 cm³/mol. The first-order chi connectivity index (χ1) is 14.3. The van der Waals surface area contributed by atoms with Crippen molar-refractivity contribution < 1.29 is 62.3 Å². The smallest absolute Gasteiger partial charge is 0.377 e. The highest BCUT2D eigenvalue weighted by atomic mass is 16.8. The van der Waals surface area contributed by atoms with E-state index in [1.807, 2.05) is 0 Å². The van der Waals surface area contributed by atoms with E-state index in [9.17, 15) is 33.9 Å². The van der Waals surface area contributed by atoms with Gasteiger partial charge in [-0.2, -0.15) is 0 Å². The molecule has 1 N–H and O–H groups in total. The zero-order chi connectivity index (χ0) is 23.9. The average Bonchev–Trinajstić information content (AvgIpc) is 2.58. The Morgan fingerprint density at radius 1 is 0.903 bits per heavy atom. The lowest BCUT2D eigenvalue weighted by Gasteiger charge is -2.45. The summed E-state index contributed by atoms with van der Waals surface area (Å²) in [6.07, 6.45) is -6.90. The summed E-state index contributed by atoms with van der Waals surface area (Å²) < 4.78 is 30.5. The molecule has 1 fully saturated rings. The van der Waals surface area contributed by atoms with Crippen molar-refractivity contribution >= 4 is 35.8 Å². The summed E-state index contributed by atoms with van der Waals surface area (Å²) in [7, 11) is 0. The Hall–Kier alpha value is -3.22. The first-order valence-corrected chi connectivity index (χ1v) is 9.03. The number of carbonyl (C=O) groups excluding carboxylic acids is 5. The van der Waals surface area contributed by atoms with Crippen molar-refractivity contribution in [2.45, 2.75) is 71.2 Å². The molecule has 0 amide bonds. The summed E-state index contributed by atoms with van der Waals surface area (Å²) in [6.45, 7) is 4.43. The lowest BCUT2D eigenvalue weighted by atomic mass is 9.91. The molecule has 0 aromatic heterocycles. The lowest BCUT2D eigenvalue weighted by molar-refractivity contribution is -0.316. The second-order valence-corrected chi connectivity index (χ2v) is 6.61. The van der Waals surface area contributed by atoms with Gasteiger partial charge in [-0.15, -0.1) is 0 Å². The van der Waals surface area contributed by atoms with Crippen molar-refractivity contribution in [1.82, 2.24) is 0 Å². The molecule has 0 spiro atoms. The quantitative estimate of drug-likeness (QED) is 0.370. The molecule has 1 aliphatic heterocycles. The topological polar surface area (TPSA) is 178 Å². The highest BCUT2D eigenvalue weighted by molar-refractivity contribution is 5.80. The second kappa shape index (κ2) is 10.7. The van der Waals surface area contributed by atoms with Gasteiger partial charge in [0, 0.05) is 34.6 Å². The van der Waals surface area contributed by atoms with Gasteiger partial charge in [0.2, 0.25) is 0 Å². The predicted octanol–water partition coefficient (Wildman–Crippen LogP) is -0.522. The van der Waals surface area contributed by atoms with E-state index in [0.717, 1.165) is 34.6 Å². The van der Waals surface area contributed by atoms with Gasteiger partial charge in [-0.25, -0.2) is 4.79 Å². The first-order valence-electron chi connectivity index (χ1n) is 9.03. The maximum Gasteiger partial charge on any atom is 0.377 e. The molecule has 174 valence electrons. The van der Waals surface area contributed by atoms with Gasteiger partial charge in [0.05, 0.1) is 6.42 Å². The SMILES string of the molecule is CC(=O)OC[C@@H](OC(C)=O)[C@H]1O[C@@](OC(C)=O)(C(=O)O)C[C@@H](OC(C)=O)[C@H]1OC(C)=O. The van der Waals surface area contributed by atoms with E-state index < -0.39 is 79.0 Å². The Morgan fingerprint density at radius 3 is 1.90 bits per heavy atom. The molecule has 5 atom stereocenters. The van der Waals surface area contributed by atoms with Crippen LogP contribution in [0.4, 0.5) is 0 Å². The van der Waals surface area contributed by atoms with Crippen LogP contribution < -0.4 is 0 Å². The normalized spacial score (nSPS) is 26.0. The van der Waals surface area contributed by atoms with Gasteiger partial charge in [0.1, 0.15) is 18.8 Å². The summed E-state index contributed by atoms with van der Waals surface area (Å²) in [5.74, 6) is -8.85. The van der Waals surface area contributed by atoms with E-state index in [-0.39, 0.29) is 0 Å². The Morgan fingerprint density at radius 2 is 1.48 bits per heavy atom. The molecular formula is C18H24O13. The number of hydrogen-bond donors (Lipinski definition) is 1. The fourth-order valence-electron chi connectivity index (χ4n) is 2.96. The third kappa shape index (κ3) is 7.51. The van der Waals surface area contributed by atoms with Gasteiger partial charge >= 0.3 is 41.6 Å². The van der Waals surface area contributed by atoms with Crippen LogP contribution in [0.2, 0.25) is 0 Å². The molecule has 0 aromatic rings. The first kappa shape index (κ1) is 25.8. The molecule has 1 aliphatic rings. The standard InChI is InChI=1S/C18H24O13/c1-8(19)26-7-14(28-10(3)21)16-15(29-11(4)22)13(27-9(2)20)6-18(31-16,17(24)25)30-12(5)23/h13-16H,6-7H2,1-5H3,(H,24,25)/t13-,14-,15-,16-,18-/m1/s1. The van der Waals surface area contributed by atoms with Crippen LogP contribution in [0, 0.1) is 0 Å². The molecule has 0 radical (unpaired) electrons. The molecule has 0 saturated carbocycles. The van der Waals surface area contributed by atoms with Crippen LogP contribution in [0.5, 0.6) is 0 Å². The van der Waals surface area contributed by atoms with Crippen molar-refractivity contribution in [1.29, 1.82) is 0 Å². The monoisotopic (exact) mass is 448 g/mol. The third-order valence-corrected chi connectivity index (χ3v) is 3.88. The lowest BCUT2D eigenvalue weighted by Crippen LogP contribution is -2.65. The van der Waals surface area contributed by atoms with Gasteiger partial charge in [-0.3, -0.25) is 24.0 Å². The maximum atomic E-state index is 12.0. The van der Waals surface area contributed by atoms with Crippen LogP contribution in [-0.4, -0.2) is 77.7 Å². The fourth-order valence-corrected chi connectivity index (χ4v) is 2.96. The van der Waals surface area contributed by atoms with E-state index in [4.69, 9.17) is 28.4 Å². The number of hydrogen-bond acceptors (Lipinski definition) is 12. The molecule has 1 rings (SSSR count). The van der Waals surface area contributed by atoms with Crippen molar-refractivity contribution in [3.05, 3.63) is 0 Å². The van der Waals surface area contributed by atoms with Crippen LogP contribution >= 0.6 is 0 Å². The second-order valence-electron chi connectivity index (χ2n) is 6.61. The van der Waals surface area contributed by atoms with Crippen LogP contribution in [0.25, 0.3) is 0 Å². The highest BCUT2D eigenvalue weighted by Gasteiger charge is 2.59. The number of rotatable bonds is 8. The molecule has 0 aromatic carbocycles. The van der Waals surface area contributed by atoms with Crippen LogP contribution in [-0.2, 0) is 57.2 Å². The minimum Gasteiger partial charge on any atom is -0.476 e. The molecule has 0 unspecified atom stereocenters. The Labute approximate surface area is 176 Å². The molecule has 31 heavy (non-hydrogen) atoms. The number of ether oxygens (including phenoxy) is 6. The molecule has 1 heterocycles. The molecule has 1 saturated heterocycles. The third-order valence-electron chi connectivity index (χ3n) is 3.88. The number of esters is 5. The van der Waals surface area contributed by atoms with Crippen molar-refractivity contribution in [2.75, 3.05) is 6.61 Å². The molecule has 13 nitrogen and oxygen atoms in total. The maximum absolute atomic E-state index is 12.0. The molecular weight excluding hydrogens is 424 g/mol. The van der Waals surface area contributed by atoms with Gasteiger partial charge in [0.15, 0.2) is 12.2 Å². The number of carboxylic acid groups (broad SMARTS) is 1. The largest absolute Gasteiger partial charge is 0.476 e. The summed E-state index contributed by atoms with van der Waals surface area (Å²) in [5.41, 5.74) is 0. The van der Waals surface area contributed by atoms with Gasteiger partial charge < -0.3 is 33.5 Å². The average molecular weight is 448 g/mol. The van der Waals surface area contributed by atoms with Crippen molar-refractivity contribution in [3.8, 4) is 0 Å². The minimum absolute atomic E-state index is 0.625. The highest BCUT2D eigenvalue weighted by Crippen LogP contribution is 2.36. The molecule has 0 aliphatic carbocycles. The zero-order valence-electron chi connectivity index (χ0n) is 17.6.